The Morgan fingerprint density at radius 2 is 2.05 bits per heavy atom. The Balaban J connectivity index is 1.08. The van der Waals surface area contributed by atoms with Gasteiger partial charge in [0.1, 0.15) is 18.6 Å². The van der Waals surface area contributed by atoms with Crippen LogP contribution in [0.2, 0.25) is 0 Å². The van der Waals surface area contributed by atoms with Crippen LogP contribution in [0.15, 0.2) is 16.9 Å². The predicted octanol–water partition coefficient (Wildman–Crippen LogP) is -1.52. The van der Waals surface area contributed by atoms with Crippen LogP contribution in [0, 0.1) is 23.7 Å². The maximum Gasteiger partial charge on any atom is 0.353 e. The van der Waals surface area contributed by atoms with Crippen LogP contribution in [0.3, 0.4) is 0 Å². The summed E-state index contributed by atoms with van der Waals surface area (Å²) in [6, 6.07) is -1.12. The Bertz CT molecular complexity index is 1230. The molecule has 6 heterocycles. The molecule has 8 atom stereocenters. The molecule has 216 valence electrons. The monoisotopic (exact) mass is 573 g/mol. The van der Waals surface area contributed by atoms with E-state index in [1.165, 1.54) is 27.7 Å². The highest BCUT2D eigenvalue weighted by Crippen LogP contribution is 2.52. The molecule has 6 rings (SSSR count). The molecule has 0 radical (unpaired) electrons. The minimum absolute atomic E-state index is 0.0205. The summed E-state index contributed by atoms with van der Waals surface area (Å²) in [5.74, 6) is -1.20. The van der Waals surface area contributed by atoms with Gasteiger partial charge in [0.2, 0.25) is 17.7 Å². The molecule has 15 heteroatoms. The molecule has 4 N–H and O–H groups in total. The second-order valence-electron chi connectivity index (χ2n) is 11.6. The molecule has 4 fully saturated rings. The maximum absolute atomic E-state index is 13.3. The molecule has 1 aromatic rings. The average Bonchev–Trinajstić information content (AvgIpc) is 3.71. The molecule has 3 amide bonds. The summed E-state index contributed by atoms with van der Waals surface area (Å²) < 4.78 is 1.29. The molecular formula is C25H35N9O5S. The number of hydrogen-bond donors (Lipinski definition) is 4. The van der Waals surface area contributed by atoms with E-state index >= 15 is 0 Å². The Labute approximate surface area is 235 Å². The summed E-state index contributed by atoms with van der Waals surface area (Å²) in [5, 5.41) is 30.4. The van der Waals surface area contributed by atoms with Gasteiger partial charge in [-0.05, 0) is 55.1 Å². The number of thioether (sulfide) groups is 1. The number of rotatable bonds is 8. The molecule has 0 aromatic carbocycles. The van der Waals surface area contributed by atoms with Crippen molar-refractivity contribution in [3.63, 3.8) is 0 Å². The first-order valence-electron chi connectivity index (χ1n) is 13.9. The number of likely N-dealkylation sites (tertiary alicyclic amines) is 1. The highest BCUT2D eigenvalue weighted by Gasteiger charge is 2.60. The number of hydrogen-bond acceptors (Lipinski definition) is 10. The summed E-state index contributed by atoms with van der Waals surface area (Å²) in [6.45, 7) is 7.81. The summed E-state index contributed by atoms with van der Waals surface area (Å²) in [7, 11) is 0. The fraction of sp³-hybridized carbons (Fsp3) is 0.720. The number of aliphatic carboxylic acids is 1. The van der Waals surface area contributed by atoms with Crippen LogP contribution >= 0.6 is 11.8 Å². The lowest BCUT2D eigenvalue weighted by Crippen LogP contribution is -2.66. The molecule has 0 bridgehead atoms. The summed E-state index contributed by atoms with van der Waals surface area (Å²) in [5.41, 5.74) is 0.0292. The quantitative estimate of drug-likeness (QED) is 0.266. The zero-order valence-corrected chi connectivity index (χ0v) is 23.3. The van der Waals surface area contributed by atoms with Crippen molar-refractivity contribution in [2.24, 2.45) is 23.7 Å². The Kier molecular flexibility index (Phi) is 7.29. The molecule has 0 saturated carbocycles. The largest absolute Gasteiger partial charge is 0.477 e. The van der Waals surface area contributed by atoms with Gasteiger partial charge < -0.3 is 30.9 Å². The summed E-state index contributed by atoms with van der Waals surface area (Å²) in [6.07, 6.45) is 2.97. The molecule has 1 aromatic heterocycles. The number of carbonyl (C=O) groups excluding carboxylic acids is 3. The second-order valence-corrected chi connectivity index (χ2v) is 12.9. The first kappa shape index (κ1) is 27.1. The molecule has 4 saturated heterocycles. The third kappa shape index (κ3) is 4.77. The van der Waals surface area contributed by atoms with E-state index in [1.54, 1.807) is 6.92 Å². The van der Waals surface area contributed by atoms with Crippen LogP contribution < -0.4 is 16.0 Å². The van der Waals surface area contributed by atoms with Crippen LogP contribution in [0.5, 0.6) is 0 Å². The number of aromatic nitrogens is 4. The Morgan fingerprint density at radius 3 is 2.80 bits per heavy atom. The first-order chi connectivity index (χ1) is 19.2. The minimum Gasteiger partial charge on any atom is -0.477 e. The molecule has 14 nitrogen and oxygen atoms in total. The zero-order valence-electron chi connectivity index (χ0n) is 22.5. The molecular weight excluding hydrogens is 538 g/mol. The van der Waals surface area contributed by atoms with E-state index < -0.39 is 17.9 Å². The van der Waals surface area contributed by atoms with E-state index in [0.29, 0.717) is 29.7 Å². The standard InChI is InChI=1S/C25H35N9O5S/c1-12-20-19(13(2)29-18(35)10-33-11-28-30-31-33)24(37)34(20)21(25(38)39)22(12)40-16-5-17(27-8-16)23(36)32-4-3-14-6-26-7-15(14)9-32/h11-17,19-20,26-27H,3-10H2,1-2H3,(H,29,35)(H,38,39)/t12-,13-,14?,15-,16+,17+,19-,20-/m1/s1. The normalized spacial score (nSPS) is 34.0. The van der Waals surface area contributed by atoms with Gasteiger partial charge >= 0.3 is 5.97 Å². The second kappa shape index (κ2) is 10.7. The Hall–Kier alpha value is -3.04. The number of carboxylic acid groups (broad SMARTS) is 1. The fourth-order valence-corrected chi connectivity index (χ4v) is 8.58. The van der Waals surface area contributed by atoms with E-state index in [-0.39, 0.29) is 53.2 Å². The summed E-state index contributed by atoms with van der Waals surface area (Å²) >= 11 is 1.47. The van der Waals surface area contributed by atoms with Crippen molar-refractivity contribution >= 4 is 35.5 Å². The van der Waals surface area contributed by atoms with Crippen molar-refractivity contribution < 1.29 is 24.3 Å². The van der Waals surface area contributed by atoms with Gasteiger partial charge in [0, 0.05) is 41.7 Å². The number of β-lactam (4-membered cyclic amide) rings is 1. The smallest absolute Gasteiger partial charge is 0.353 e. The molecule has 5 aliphatic heterocycles. The van der Waals surface area contributed by atoms with Crippen LogP contribution in [0.1, 0.15) is 26.7 Å². The van der Waals surface area contributed by atoms with Crippen molar-refractivity contribution in [3.05, 3.63) is 16.9 Å². The van der Waals surface area contributed by atoms with E-state index in [9.17, 15) is 24.3 Å². The third-order valence-corrected chi connectivity index (χ3v) is 10.6. The number of amides is 3. The van der Waals surface area contributed by atoms with Crippen molar-refractivity contribution in [1.29, 1.82) is 0 Å². The Morgan fingerprint density at radius 1 is 1.25 bits per heavy atom. The summed E-state index contributed by atoms with van der Waals surface area (Å²) in [4.78, 5) is 55.3. The van der Waals surface area contributed by atoms with Gasteiger partial charge in [-0.1, -0.05) is 6.92 Å². The molecule has 40 heavy (non-hydrogen) atoms. The topological polar surface area (TPSA) is 175 Å². The van der Waals surface area contributed by atoms with Crippen molar-refractivity contribution in [1.82, 2.24) is 46.0 Å². The van der Waals surface area contributed by atoms with Gasteiger partial charge in [-0.25, -0.2) is 9.48 Å². The highest BCUT2D eigenvalue weighted by atomic mass is 32.2. The number of piperidine rings is 1. The molecule has 5 aliphatic rings. The third-order valence-electron chi connectivity index (χ3n) is 9.11. The number of nitrogens with one attached hydrogen (secondary N) is 3. The lowest BCUT2D eigenvalue weighted by Gasteiger charge is -2.47. The predicted molar refractivity (Wildman–Crippen MR) is 142 cm³/mol. The zero-order chi connectivity index (χ0) is 28.1. The molecule has 0 aliphatic carbocycles. The number of carbonyl (C=O) groups is 4. The number of tetrazole rings is 1. The van der Waals surface area contributed by atoms with Crippen molar-refractivity contribution in [3.8, 4) is 0 Å². The van der Waals surface area contributed by atoms with Gasteiger partial charge in [0.15, 0.2) is 0 Å². The first-order valence-corrected chi connectivity index (χ1v) is 14.8. The van der Waals surface area contributed by atoms with Crippen LogP contribution in [0.25, 0.3) is 0 Å². The minimum atomic E-state index is -1.13. The highest BCUT2D eigenvalue weighted by molar-refractivity contribution is 8.03. The number of fused-ring (bicyclic) bond motifs is 2. The number of carboxylic acids is 1. The van der Waals surface area contributed by atoms with Crippen LogP contribution in [0.4, 0.5) is 0 Å². The van der Waals surface area contributed by atoms with Crippen LogP contribution in [-0.4, -0.2) is 115 Å². The lowest BCUT2D eigenvalue weighted by atomic mass is 9.78. The average molecular weight is 574 g/mol. The van der Waals surface area contributed by atoms with Gasteiger partial charge in [0.25, 0.3) is 0 Å². The fourth-order valence-electron chi connectivity index (χ4n) is 7.10. The molecule has 1 unspecified atom stereocenters. The lowest BCUT2D eigenvalue weighted by molar-refractivity contribution is -0.158. The van der Waals surface area contributed by atoms with Gasteiger partial charge in [-0.15, -0.1) is 16.9 Å². The van der Waals surface area contributed by atoms with Gasteiger partial charge in [0.05, 0.1) is 18.0 Å². The van der Waals surface area contributed by atoms with Gasteiger partial charge in [-0.2, -0.15) is 0 Å². The number of nitrogens with zero attached hydrogens (tertiary/aromatic N) is 6. The maximum atomic E-state index is 13.3. The van der Waals surface area contributed by atoms with Crippen molar-refractivity contribution in [2.45, 2.75) is 56.6 Å². The van der Waals surface area contributed by atoms with E-state index in [4.69, 9.17) is 0 Å². The van der Waals surface area contributed by atoms with Crippen molar-refractivity contribution in [2.75, 3.05) is 32.7 Å². The molecule has 0 spiro atoms. The van der Waals surface area contributed by atoms with Gasteiger partial charge in [-0.3, -0.25) is 14.4 Å². The van der Waals surface area contributed by atoms with E-state index in [1.807, 2.05) is 11.8 Å². The SMILES string of the molecule is C[C@@H](NC(=O)Cn1cnnn1)[C@H]1C(=O)N2C(C(=O)O)=C(S[C@@H]3CN[C@H](C(=O)N4CCC5CNC[C@@H]5C4)C3)[C@H](C)[C@H]12. The van der Waals surface area contributed by atoms with E-state index in [0.717, 1.165) is 32.6 Å². The van der Waals surface area contributed by atoms with E-state index in [2.05, 4.69) is 31.5 Å². The van der Waals surface area contributed by atoms with Crippen LogP contribution in [-0.2, 0) is 25.7 Å².